The molecule has 0 fully saturated rings. The topological polar surface area (TPSA) is 54.8 Å². The van der Waals surface area contributed by atoms with Crippen LogP contribution in [0.3, 0.4) is 0 Å². The van der Waals surface area contributed by atoms with Crippen molar-refractivity contribution in [1.29, 1.82) is 0 Å². The molecule has 272 valence electrons. The third-order valence-electron chi connectivity index (χ3n) is 10.9. The molecule has 2 heterocycles. The summed E-state index contributed by atoms with van der Waals surface area (Å²) in [4.78, 5) is 9.77. The highest BCUT2D eigenvalue weighted by molar-refractivity contribution is 6.12. The second kappa shape index (κ2) is 14.7. The normalized spacial score (nSPS) is 12.5. The molecule has 0 bridgehead atoms. The summed E-state index contributed by atoms with van der Waals surface area (Å²) in [6, 6.07) is 67.8. The molecule has 0 saturated carbocycles. The van der Waals surface area contributed by atoms with Crippen LogP contribution in [0.15, 0.2) is 209 Å². The molecule has 10 aromatic rings. The van der Waals surface area contributed by atoms with Crippen LogP contribution in [0.4, 0.5) is 0 Å². The lowest BCUT2D eigenvalue weighted by atomic mass is 10.0. The molecular formula is C52H38N4O. The minimum Gasteiger partial charge on any atom is -0.455 e. The van der Waals surface area contributed by atoms with Crippen molar-refractivity contribution in [3.05, 3.63) is 205 Å². The molecular weight excluding hydrogens is 697 g/mol. The number of nitrogens with zero attached hydrogens (tertiary/aromatic N) is 3. The third-order valence-corrected chi connectivity index (χ3v) is 10.9. The van der Waals surface area contributed by atoms with E-state index in [0.717, 1.165) is 71.9 Å². The Labute approximate surface area is 330 Å². The third kappa shape index (κ3) is 6.40. The van der Waals surface area contributed by atoms with E-state index < -0.39 is 6.17 Å². The van der Waals surface area contributed by atoms with Gasteiger partial charge in [-0.1, -0.05) is 164 Å². The van der Waals surface area contributed by atoms with Gasteiger partial charge < -0.3 is 8.98 Å². The van der Waals surface area contributed by atoms with Gasteiger partial charge in [0.05, 0.1) is 17.7 Å². The van der Waals surface area contributed by atoms with Gasteiger partial charge in [-0.15, -0.1) is 0 Å². The van der Waals surface area contributed by atoms with Crippen molar-refractivity contribution in [2.45, 2.75) is 12.8 Å². The van der Waals surface area contributed by atoms with Gasteiger partial charge in [0.2, 0.25) is 0 Å². The van der Waals surface area contributed by atoms with Crippen LogP contribution in [0, 0.1) is 0 Å². The summed E-state index contributed by atoms with van der Waals surface area (Å²) in [5, 5.41) is 8.44. The zero-order valence-electron chi connectivity index (χ0n) is 31.2. The monoisotopic (exact) mass is 734 g/mol. The number of nitrogens with one attached hydrogen (secondary N) is 1. The summed E-state index contributed by atoms with van der Waals surface area (Å²) in [5.41, 5.74) is 12.7. The summed E-state index contributed by atoms with van der Waals surface area (Å²) >= 11 is 0. The highest BCUT2D eigenvalue weighted by atomic mass is 16.3. The SMILES string of the molecule is C=N/C(=N\C(NCn1c2ccccc2c2cc(-c3cccc4c3oc3ccccc34)ccc21)c1ccc(-c2ccccc2)cc1)c1cccc(-c2ccccc2)c1. The highest BCUT2D eigenvalue weighted by Gasteiger charge is 2.18. The van der Waals surface area contributed by atoms with Crippen LogP contribution in [0.5, 0.6) is 0 Å². The summed E-state index contributed by atoms with van der Waals surface area (Å²) in [6.07, 6.45) is -0.420. The maximum Gasteiger partial charge on any atom is 0.155 e. The highest BCUT2D eigenvalue weighted by Crippen LogP contribution is 2.38. The Balaban J connectivity index is 1.04. The molecule has 2 aromatic heterocycles. The molecule has 0 amide bonds. The number of hydrogen-bond donors (Lipinski definition) is 1. The van der Waals surface area contributed by atoms with Crippen LogP contribution < -0.4 is 5.32 Å². The van der Waals surface area contributed by atoms with Gasteiger partial charge >= 0.3 is 0 Å². The van der Waals surface area contributed by atoms with Crippen molar-refractivity contribution in [2.24, 2.45) is 9.98 Å². The lowest BCUT2D eigenvalue weighted by molar-refractivity contribution is 0.491. The number of fused-ring (bicyclic) bond motifs is 6. The summed E-state index contributed by atoms with van der Waals surface area (Å²) < 4.78 is 8.79. The summed E-state index contributed by atoms with van der Waals surface area (Å²) in [5.74, 6) is 0.573. The van der Waals surface area contributed by atoms with Crippen molar-refractivity contribution in [3.8, 4) is 33.4 Å². The first-order valence-electron chi connectivity index (χ1n) is 19.2. The zero-order chi connectivity index (χ0) is 38.1. The van der Waals surface area contributed by atoms with Crippen molar-refractivity contribution in [1.82, 2.24) is 9.88 Å². The number of amidine groups is 1. The van der Waals surface area contributed by atoms with E-state index in [2.05, 4.69) is 185 Å². The average molecular weight is 735 g/mol. The van der Waals surface area contributed by atoms with Crippen LogP contribution in [0.1, 0.15) is 17.3 Å². The number of benzene rings is 8. The fourth-order valence-electron chi connectivity index (χ4n) is 8.07. The minimum atomic E-state index is -0.420. The van der Waals surface area contributed by atoms with E-state index in [9.17, 15) is 0 Å². The minimum absolute atomic E-state index is 0.420. The number of aromatic nitrogens is 1. The molecule has 5 nitrogen and oxygen atoms in total. The lowest BCUT2D eigenvalue weighted by Gasteiger charge is -2.19. The fraction of sp³-hybridized carbons (Fsp3) is 0.0385. The molecule has 0 aliphatic heterocycles. The van der Waals surface area contributed by atoms with Crippen LogP contribution in [-0.2, 0) is 6.67 Å². The number of para-hydroxylation sites is 3. The maximum atomic E-state index is 6.44. The lowest BCUT2D eigenvalue weighted by Crippen LogP contribution is -2.24. The summed E-state index contributed by atoms with van der Waals surface area (Å²) in [6.45, 7) is 4.48. The maximum absolute atomic E-state index is 6.44. The molecule has 5 heteroatoms. The van der Waals surface area contributed by atoms with E-state index in [1.807, 2.05) is 30.3 Å². The molecule has 8 aromatic carbocycles. The predicted octanol–water partition coefficient (Wildman–Crippen LogP) is 13.1. The molecule has 0 radical (unpaired) electrons. The fourth-order valence-corrected chi connectivity index (χ4v) is 8.07. The van der Waals surface area contributed by atoms with E-state index in [1.54, 1.807) is 0 Å². The first-order valence-corrected chi connectivity index (χ1v) is 19.2. The van der Waals surface area contributed by atoms with E-state index in [-0.39, 0.29) is 0 Å². The Morgan fingerprint density at radius 1 is 0.526 bits per heavy atom. The van der Waals surface area contributed by atoms with Crippen LogP contribution >= 0.6 is 0 Å². The van der Waals surface area contributed by atoms with Gasteiger partial charge in [-0.25, -0.2) is 9.98 Å². The first kappa shape index (κ1) is 34.2. The number of aliphatic imine (C=N–C) groups is 2. The molecule has 57 heavy (non-hydrogen) atoms. The van der Waals surface area contributed by atoms with Gasteiger partial charge in [0.1, 0.15) is 17.3 Å². The van der Waals surface area contributed by atoms with Crippen molar-refractivity contribution < 1.29 is 4.42 Å². The van der Waals surface area contributed by atoms with E-state index in [4.69, 9.17) is 9.41 Å². The van der Waals surface area contributed by atoms with Gasteiger partial charge in [-0.2, -0.15) is 0 Å². The molecule has 0 saturated heterocycles. The molecule has 1 unspecified atom stereocenters. The Morgan fingerprint density at radius 2 is 1.14 bits per heavy atom. The predicted molar refractivity (Wildman–Crippen MR) is 238 cm³/mol. The van der Waals surface area contributed by atoms with E-state index in [0.29, 0.717) is 12.5 Å². The molecule has 1 atom stereocenters. The Kier molecular flexibility index (Phi) is 8.82. The van der Waals surface area contributed by atoms with Crippen LogP contribution in [0.25, 0.3) is 77.1 Å². The summed E-state index contributed by atoms with van der Waals surface area (Å²) in [7, 11) is 0. The smallest absolute Gasteiger partial charge is 0.155 e. The average Bonchev–Trinajstić information content (AvgIpc) is 3.82. The molecule has 0 aliphatic carbocycles. The Bertz CT molecular complexity index is 3090. The largest absolute Gasteiger partial charge is 0.455 e. The molecule has 0 spiro atoms. The standard InChI is InChI=1S/C52H38N4O/c1-53-51(41-19-12-18-39(32-41)36-16-6-3-7-17-36)55-52(38-28-26-37(27-29-38)35-14-4-2-5-15-35)54-34-56-47-24-10-8-20-43(47)46-33-40(30-31-48(46)56)42-22-13-23-45-44-21-9-11-25-49(44)57-50(42)45/h2-33,52,54H,1,34H2/b55-51-. The number of hydrogen-bond acceptors (Lipinski definition) is 3. The van der Waals surface area contributed by atoms with Crippen molar-refractivity contribution in [3.63, 3.8) is 0 Å². The molecule has 10 rings (SSSR count). The number of rotatable bonds is 9. The van der Waals surface area contributed by atoms with Crippen molar-refractivity contribution in [2.75, 3.05) is 0 Å². The van der Waals surface area contributed by atoms with Crippen LogP contribution in [0.2, 0.25) is 0 Å². The van der Waals surface area contributed by atoms with Crippen molar-refractivity contribution >= 4 is 56.3 Å². The molecule has 1 N–H and O–H groups in total. The number of furan rings is 1. The van der Waals surface area contributed by atoms with Gasteiger partial charge in [0.15, 0.2) is 5.84 Å². The van der Waals surface area contributed by atoms with Gasteiger partial charge in [0.25, 0.3) is 0 Å². The molecule has 0 aliphatic rings. The van der Waals surface area contributed by atoms with Crippen LogP contribution in [-0.4, -0.2) is 17.1 Å². The Hall–Kier alpha value is -7.34. The second-order valence-electron chi connectivity index (χ2n) is 14.3. The van der Waals surface area contributed by atoms with Gasteiger partial charge in [-0.05, 0) is 70.4 Å². The van der Waals surface area contributed by atoms with E-state index >= 15 is 0 Å². The van der Waals surface area contributed by atoms with E-state index in [1.165, 1.54) is 16.3 Å². The zero-order valence-corrected chi connectivity index (χ0v) is 31.2. The Morgan fingerprint density at radius 3 is 1.93 bits per heavy atom. The van der Waals surface area contributed by atoms with Gasteiger partial charge in [0, 0.05) is 32.7 Å². The quantitative estimate of drug-likeness (QED) is 0.119. The first-order chi connectivity index (χ1) is 28.2. The van der Waals surface area contributed by atoms with Gasteiger partial charge in [-0.3, -0.25) is 5.32 Å². The second-order valence-corrected chi connectivity index (χ2v) is 14.3.